The molecule has 0 unspecified atom stereocenters. The fraction of sp³-hybridized carbons (Fsp3) is 0.214. The van der Waals surface area contributed by atoms with Gasteiger partial charge in [0, 0.05) is 0 Å². The molecule has 1 aliphatic rings. The monoisotopic (exact) mass is 216 g/mol. The summed E-state index contributed by atoms with van der Waals surface area (Å²) < 4.78 is 13.5. The third kappa shape index (κ3) is 1.96. The lowest BCUT2D eigenvalue weighted by atomic mass is 9.96. The van der Waals surface area contributed by atoms with Crippen LogP contribution in [-0.2, 0) is 0 Å². The molecule has 0 fully saturated rings. The average molecular weight is 216 g/mol. The topological polar surface area (TPSA) is 17.1 Å². The van der Waals surface area contributed by atoms with Gasteiger partial charge in [0.25, 0.3) is 0 Å². The minimum absolute atomic E-state index is 0.134. The minimum Gasteiger partial charge on any atom is -0.298 e. The number of rotatable bonds is 2. The molecule has 0 amide bonds. The van der Waals surface area contributed by atoms with Gasteiger partial charge >= 0.3 is 0 Å². The lowest BCUT2D eigenvalue weighted by Gasteiger charge is -2.09. The van der Waals surface area contributed by atoms with Crippen molar-refractivity contribution in [2.24, 2.45) is 0 Å². The van der Waals surface area contributed by atoms with Crippen molar-refractivity contribution < 1.29 is 9.18 Å². The second-order valence-electron chi connectivity index (χ2n) is 3.95. The number of hydrogen-bond donors (Lipinski definition) is 0. The van der Waals surface area contributed by atoms with Crippen LogP contribution in [0.2, 0.25) is 0 Å². The minimum atomic E-state index is -0.417. The van der Waals surface area contributed by atoms with Crippen molar-refractivity contribution in [1.82, 2.24) is 0 Å². The van der Waals surface area contributed by atoms with Gasteiger partial charge in [0.1, 0.15) is 5.82 Å². The summed E-state index contributed by atoms with van der Waals surface area (Å²) in [5.74, 6) is -0.417. The lowest BCUT2D eigenvalue weighted by molar-refractivity contribution is 0.111. The van der Waals surface area contributed by atoms with E-state index in [1.54, 1.807) is 19.1 Å². The van der Waals surface area contributed by atoms with Gasteiger partial charge in [-0.25, -0.2) is 4.39 Å². The van der Waals surface area contributed by atoms with Crippen LogP contribution in [0.25, 0.3) is 5.57 Å². The Morgan fingerprint density at radius 2 is 2.12 bits per heavy atom. The zero-order valence-corrected chi connectivity index (χ0v) is 9.16. The van der Waals surface area contributed by atoms with Gasteiger partial charge in [-0.3, -0.25) is 4.79 Å². The molecule has 0 bridgehead atoms. The van der Waals surface area contributed by atoms with E-state index in [1.165, 1.54) is 0 Å². The third-order valence-electron chi connectivity index (χ3n) is 2.74. The summed E-state index contributed by atoms with van der Waals surface area (Å²) in [6.45, 7) is 1.68. The Morgan fingerprint density at radius 1 is 1.31 bits per heavy atom. The number of benzene rings is 1. The number of aldehydes is 1. The number of hydrogen-bond acceptors (Lipinski definition) is 1. The molecule has 1 nitrogen and oxygen atoms in total. The van der Waals surface area contributed by atoms with E-state index in [4.69, 9.17) is 0 Å². The molecule has 0 saturated heterocycles. The highest BCUT2D eigenvalue weighted by atomic mass is 19.1. The van der Waals surface area contributed by atoms with Gasteiger partial charge in [0.05, 0.1) is 5.56 Å². The zero-order chi connectivity index (χ0) is 11.5. The molecule has 1 aromatic rings. The predicted octanol–water partition coefficient (Wildman–Crippen LogP) is 3.68. The van der Waals surface area contributed by atoms with Gasteiger partial charge in [0.2, 0.25) is 0 Å². The van der Waals surface area contributed by atoms with E-state index >= 15 is 0 Å². The molecule has 0 heterocycles. The largest absolute Gasteiger partial charge is 0.298 e. The molecule has 1 aliphatic carbocycles. The first-order valence-corrected chi connectivity index (χ1v) is 5.35. The van der Waals surface area contributed by atoms with E-state index in [-0.39, 0.29) is 5.56 Å². The molecule has 0 spiro atoms. The normalized spacial score (nSPS) is 14.8. The van der Waals surface area contributed by atoms with Gasteiger partial charge in [0.15, 0.2) is 6.29 Å². The van der Waals surface area contributed by atoms with Crippen molar-refractivity contribution in [1.29, 1.82) is 0 Å². The van der Waals surface area contributed by atoms with E-state index in [1.807, 2.05) is 6.08 Å². The van der Waals surface area contributed by atoms with E-state index < -0.39 is 5.82 Å². The maximum Gasteiger partial charge on any atom is 0.153 e. The summed E-state index contributed by atoms with van der Waals surface area (Å²) in [4.78, 5) is 10.7. The standard InChI is InChI=1S/C14H13FO/c1-10-7-12(8-13(9-16)14(10)15)11-5-3-2-4-6-11/h3,5-9H,2,4H2,1H3. The molecule has 0 aromatic heterocycles. The Morgan fingerprint density at radius 3 is 2.75 bits per heavy atom. The van der Waals surface area contributed by atoms with Crippen molar-refractivity contribution >= 4 is 11.9 Å². The fourth-order valence-corrected chi connectivity index (χ4v) is 1.88. The van der Waals surface area contributed by atoms with Crippen molar-refractivity contribution in [3.8, 4) is 0 Å². The molecule has 16 heavy (non-hydrogen) atoms. The maximum absolute atomic E-state index is 13.5. The second-order valence-corrected chi connectivity index (χ2v) is 3.95. The third-order valence-corrected chi connectivity index (χ3v) is 2.74. The first-order chi connectivity index (χ1) is 7.72. The van der Waals surface area contributed by atoms with Gasteiger partial charge in [-0.2, -0.15) is 0 Å². The van der Waals surface area contributed by atoms with E-state index in [0.29, 0.717) is 11.8 Å². The molecule has 82 valence electrons. The Bertz CT molecular complexity index is 484. The van der Waals surface area contributed by atoms with Crippen molar-refractivity contribution in [2.45, 2.75) is 19.8 Å². The smallest absolute Gasteiger partial charge is 0.153 e. The summed E-state index contributed by atoms with van der Waals surface area (Å²) in [5, 5.41) is 0. The predicted molar refractivity (Wildman–Crippen MR) is 62.9 cm³/mol. The summed E-state index contributed by atoms with van der Waals surface area (Å²) in [6, 6.07) is 3.39. The summed E-state index contributed by atoms with van der Waals surface area (Å²) >= 11 is 0. The van der Waals surface area contributed by atoms with Crippen LogP contribution in [0.3, 0.4) is 0 Å². The van der Waals surface area contributed by atoms with Gasteiger partial charge in [-0.1, -0.05) is 18.2 Å². The van der Waals surface area contributed by atoms with Gasteiger partial charge in [-0.15, -0.1) is 0 Å². The van der Waals surface area contributed by atoms with E-state index in [9.17, 15) is 9.18 Å². The fourth-order valence-electron chi connectivity index (χ4n) is 1.88. The SMILES string of the molecule is Cc1cc(C2=CCCC=C2)cc(C=O)c1F. The molecule has 2 heteroatoms. The van der Waals surface area contributed by atoms with Crippen molar-refractivity contribution in [3.63, 3.8) is 0 Å². The average Bonchev–Trinajstić information content (AvgIpc) is 2.33. The molecule has 0 aliphatic heterocycles. The van der Waals surface area contributed by atoms with E-state index in [2.05, 4.69) is 12.2 Å². The first kappa shape index (κ1) is 10.8. The Labute approximate surface area is 94.3 Å². The van der Waals surface area contributed by atoms with Gasteiger partial charge < -0.3 is 0 Å². The molecule has 2 rings (SSSR count). The quantitative estimate of drug-likeness (QED) is 0.689. The highest BCUT2D eigenvalue weighted by Gasteiger charge is 2.09. The van der Waals surface area contributed by atoms with Crippen LogP contribution in [0.15, 0.2) is 30.4 Å². The molecular formula is C14H13FO. The van der Waals surface area contributed by atoms with Crippen LogP contribution in [0.4, 0.5) is 4.39 Å². The number of aryl methyl sites for hydroxylation is 1. The highest BCUT2D eigenvalue weighted by molar-refractivity contribution is 5.82. The summed E-state index contributed by atoms with van der Waals surface area (Å²) in [5.41, 5.74) is 2.63. The van der Waals surface area contributed by atoms with Crippen LogP contribution in [0.5, 0.6) is 0 Å². The van der Waals surface area contributed by atoms with Crippen LogP contribution in [-0.4, -0.2) is 6.29 Å². The second kappa shape index (κ2) is 4.44. The van der Waals surface area contributed by atoms with Crippen molar-refractivity contribution in [2.75, 3.05) is 0 Å². The molecule has 0 atom stereocenters. The lowest BCUT2D eigenvalue weighted by Crippen LogP contribution is -1.96. The van der Waals surface area contributed by atoms with Crippen LogP contribution >= 0.6 is 0 Å². The first-order valence-electron chi connectivity index (χ1n) is 5.35. The molecule has 0 N–H and O–H groups in total. The van der Waals surface area contributed by atoms with Crippen molar-refractivity contribution in [3.05, 3.63) is 52.9 Å². The summed E-state index contributed by atoms with van der Waals surface area (Å²) in [6.07, 6.45) is 8.84. The zero-order valence-electron chi connectivity index (χ0n) is 9.16. The van der Waals surface area contributed by atoms with E-state index in [0.717, 1.165) is 24.0 Å². The molecule has 1 aromatic carbocycles. The Hall–Kier alpha value is -1.70. The number of allylic oxidation sites excluding steroid dienone is 4. The molecule has 0 radical (unpaired) electrons. The number of carbonyl (C=O) groups is 1. The number of carbonyl (C=O) groups excluding carboxylic acids is 1. The van der Waals surface area contributed by atoms with Gasteiger partial charge in [-0.05, 0) is 48.6 Å². The Balaban J connectivity index is 2.50. The summed E-state index contributed by atoms with van der Waals surface area (Å²) in [7, 11) is 0. The number of halogens is 1. The van der Waals surface area contributed by atoms with Crippen LogP contribution in [0.1, 0.15) is 34.3 Å². The highest BCUT2D eigenvalue weighted by Crippen LogP contribution is 2.24. The Kier molecular flexibility index (Phi) is 3.00. The molecular weight excluding hydrogens is 203 g/mol. The van der Waals surface area contributed by atoms with Crippen LogP contribution in [0, 0.1) is 12.7 Å². The molecule has 0 saturated carbocycles. The maximum atomic E-state index is 13.5. The van der Waals surface area contributed by atoms with Crippen LogP contribution < -0.4 is 0 Å².